The van der Waals surface area contributed by atoms with Crippen molar-refractivity contribution < 1.29 is 14.3 Å². The molecule has 2 amide bonds. The molecule has 0 spiro atoms. The zero-order valence-electron chi connectivity index (χ0n) is 16.3. The van der Waals surface area contributed by atoms with Gasteiger partial charge in [0, 0.05) is 31.5 Å². The number of methoxy groups -OCH3 is 1. The number of likely N-dealkylation sites (tertiary alicyclic amines) is 1. The van der Waals surface area contributed by atoms with Gasteiger partial charge >= 0.3 is 0 Å². The maximum Gasteiger partial charge on any atom is 0.225 e. The van der Waals surface area contributed by atoms with Gasteiger partial charge in [0.2, 0.25) is 11.8 Å². The number of amides is 2. The summed E-state index contributed by atoms with van der Waals surface area (Å²) >= 11 is 0. The van der Waals surface area contributed by atoms with E-state index in [1.165, 1.54) is 0 Å². The quantitative estimate of drug-likeness (QED) is 0.775. The van der Waals surface area contributed by atoms with Crippen molar-refractivity contribution in [3.8, 4) is 5.75 Å². The molecule has 1 aliphatic heterocycles. The van der Waals surface area contributed by atoms with Gasteiger partial charge in [-0.25, -0.2) is 0 Å². The molecule has 1 fully saturated rings. The van der Waals surface area contributed by atoms with Gasteiger partial charge in [-0.05, 0) is 49.8 Å². The maximum absolute atomic E-state index is 12.4. The van der Waals surface area contributed by atoms with Crippen molar-refractivity contribution >= 4 is 11.8 Å². The summed E-state index contributed by atoms with van der Waals surface area (Å²) in [6.07, 6.45) is 4.70. The predicted octanol–water partition coefficient (Wildman–Crippen LogP) is 3.17. The van der Waals surface area contributed by atoms with Crippen LogP contribution in [0, 0.1) is 5.92 Å². The molecular weight excluding hydrogens is 328 g/mol. The minimum absolute atomic E-state index is 0.0885. The second-order valence-electron chi connectivity index (χ2n) is 7.03. The first-order valence-corrected chi connectivity index (χ1v) is 9.78. The van der Waals surface area contributed by atoms with Crippen LogP contribution in [-0.4, -0.2) is 43.0 Å². The molecule has 1 aliphatic rings. The van der Waals surface area contributed by atoms with Crippen molar-refractivity contribution in [1.82, 2.24) is 10.2 Å². The van der Waals surface area contributed by atoms with Gasteiger partial charge in [0.05, 0.1) is 7.11 Å². The first kappa shape index (κ1) is 20.3. The number of carbonyl (C=O) groups is 2. The summed E-state index contributed by atoms with van der Waals surface area (Å²) in [4.78, 5) is 26.6. The average molecular weight is 360 g/mol. The van der Waals surface area contributed by atoms with Crippen molar-refractivity contribution in [3.63, 3.8) is 0 Å². The number of rotatable bonds is 8. The van der Waals surface area contributed by atoms with Crippen LogP contribution in [0.2, 0.25) is 0 Å². The highest BCUT2D eigenvalue weighted by atomic mass is 16.5. The minimum atomic E-state index is 0.0885. The molecular formula is C21H32N2O3. The van der Waals surface area contributed by atoms with Crippen molar-refractivity contribution in [2.45, 2.75) is 58.4 Å². The van der Waals surface area contributed by atoms with E-state index in [9.17, 15) is 9.59 Å². The minimum Gasteiger partial charge on any atom is -0.497 e. The third-order valence-electron chi connectivity index (χ3n) is 5.31. The molecule has 0 radical (unpaired) electrons. The van der Waals surface area contributed by atoms with E-state index < -0.39 is 0 Å². The van der Waals surface area contributed by atoms with E-state index in [1.54, 1.807) is 7.11 Å². The molecule has 5 heteroatoms. The van der Waals surface area contributed by atoms with E-state index in [2.05, 4.69) is 19.2 Å². The first-order chi connectivity index (χ1) is 12.6. The Labute approximate surface area is 157 Å². The molecule has 0 unspecified atom stereocenters. The molecule has 144 valence electrons. The maximum atomic E-state index is 12.4. The lowest BCUT2D eigenvalue weighted by atomic mass is 9.98. The zero-order valence-corrected chi connectivity index (χ0v) is 16.3. The lowest BCUT2D eigenvalue weighted by molar-refractivity contribution is -0.137. The lowest BCUT2D eigenvalue weighted by Crippen LogP contribution is -2.48. The summed E-state index contributed by atoms with van der Waals surface area (Å²) in [5.41, 5.74) is 1.13. The summed E-state index contributed by atoms with van der Waals surface area (Å²) in [6.45, 7) is 5.64. The number of nitrogens with zero attached hydrogens (tertiary/aromatic N) is 1. The zero-order chi connectivity index (χ0) is 18.9. The van der Waals surface area contributed by atoms with Crippen LogP contribution < -0.4 is 10.1 Å². The highest BCUT2D eigenvalue weighted by Gasteiger charge is 2.26. The van der Waals surface area contributed by atoms with Gasteiger partial charge in [-0.1, -0.05) is 26.0 Å². The molecule has 0 atom stereocenters. The molecule has 0 aromatic heterocycles. The number of aryl methyl sites for hydroxylation is 1. The summed E-state index contributed by atoms with van der Waals surface area (Å²) in [7, 11) is 1.64. The van der Waals surface area contributed by atoms with E-state index >= 15 is 0 Å². The molecule has 26 heavy (non-hydrogen) atoms. The normalized spacial score (nSPS) is 15.2. The first-order valence-electron chi connectivity index (χ1n) is 9.78. The fraction of sp³-hybridized carbons (Fsp3) is 0.619. The molecule has 1 N–H and O–H groups in total. The van der Waals surface area contributed by atoms with Gasteiger partial charge in [-0.3, -0.25) is 9.59 Å². The van der Waals surface area contributed by atoms with Gasteiger partial charge in [0.25, 0.3) is 0 Å². The van der Waals surface area contributed by atoms with Crippen LogP contribution in [0.1, 0.15) is 51.5 Å². The van der Waals surface area contributed by atoms with Crippen molar-refractivity contribution in [1.29, 1.82) is 0 Å². The van der Waals surface area contributed by atoms with Crippen molar-refractivity contribution in [2.75, 3.05) is 20.2 Å². The standard InChI is InChI=1S/C21H32N2O3/c1-4-17(5-2)21(25)23-14-12-18(13-15-23)22-20(24)11-8-16-6-9-19(26-3)10-7-16/h6-7,9-10,17-18H,4-5,8,11-15H2,1-3H3,(H,22,24). The van der Waals surface area contributed by atoms with Crippen LogP contribution in [-0.2, 0) is 16.0 Å². The number of hydrogen-bond donors (Lipinski definition) is 1. The van der Waals surface area contributed by atoms with Gasteiger partial charge < -0.3 is 15.0 Å². The summed E-state index contributed by atoms with van der Waals surface area (Å²) in [5, 5.41) is 3.13. The Morgan fingerprint density at radius 3 is 2.31 bits per heavy atom. The SMILES string of the molecule is CCC(CC)C(=O)N1CCC(NC(=O)CCc2ccc(OC)cc2)CC1. The molecule has 1 saturated heterocycles. The predicted molar refractivity (Wildman–Crippen MR) is 103 cm³/mol. The molecule has 1 heterocycles. The highest BCUT2D eigenvalue weighted by molar-refractivity contribution is 5.79. The largest absolute Gasteiger partial charge is 0.497 e. The molecule has 0 bridgehead atoms. The number of hydrogen-bond acceptors (Lipinski definition) is 3. The fourth-order valence-electron chi connectivity index (χ4n) is 3.49. The molecule has 1 aromatic carbocycles. The lowest BCUT2D eigenvalue weighted by Gasteiger charge is -2.34. The average Bonchev–Trinajstić information content (AvgIpc) is 2.68. The second kappa shape index (κ2) is 10.2. The monoisotopic (exact) mass is 360 g/mol. The highest BCUT2D eigenvalue weighted by Crippen LogP contribution is 2.18. The number of ether oxygens (including phenoxy) is 1. The van der Waals surface area contributed by atoms with E-state index in [1.807, 2.05) is 29.2 Å². The molecule has 0 aliphatic carbocycles. The van der Waals surface area contributed by atoms with E-state index in [4.69, 9.17) is 4.74 Å². The summed E-state index contributed by atoms with van der Waals surface area (Å²) in [6, 6.07) is 8.01. The smallest absolute Gasteiger partial charge is 0.225 e. The van der Waals surface area contributed by atoms with Crippen LogP contribution in [0.4, 0.5) is 0 Å². The van der Waals surface area contributed by atoms with E-state index in [-0.39, 0.29) is 23.8 Å². The van der Waals surface area contributed by atoms with Crippen molar-refractivity contribution in [2.24, 2.45) is 5.92 Å². The third kappa shape index (κ3) is 5.75. The topological polar surface area (TPSA) is 58.6 Å². The van der Waals surface area contributed by atoms with Crippen LogP contribution in [0.15, 0.2) is 24.3 Å². The molecule has 1 aromatic rings. The van der Waals surface area contributed by atoms with Crippen LogP contribution >= 0.6 is 0 Å². The van der Waals surface area contributed by atoms with Crippen molar-refractivity contribution in [3.05, 3.63) is 29.8 Å². The second-order valence-corrected chi connectivity index (χ2v) is 7.03. The number of benzene rings is 1. The summed E-state index contributed by atoms with van der Waals surface area (Å²) in [5.74, 6) is 1.34. The molecule has 2 rings (SSSR count). The van der Waals surface area contributed by atoms with Crippen LogP contribution in [0.25, 0.3) is 0 Å². The summed E-state index contributed by atoms with van der Waals surface area (Å²) < 4.78 is 5.14. The van der Waals surface area contributed by atoms with Gasteiger partial charge in [-0.2, -0.15) is 0 Å². The Kier molecular flexibility index (Phi) is 7.95. The van der Waals surface area contributed by atoms with E-state index in [0.29, 0.717) is 6.42 Å². The Balaban J connectivity index is 1.71. The fourth-order valence-corrected chi connectivity index (χ4v) is 3.49. The number of piperidine rings is 1. The van der Waals surface area contributed by atoms with Gasteiger partial charge in [-0.15, -0.1) is 0 Å². The third-order valence-corrected chi connectivity index (χ3v) is 5.31. The Hall–Kier alpha value is -2.04. The number of carbonyl (C=O) groups excluding carboxylic acids is 2. The Bertz CT molecular complexity index is 573. The molecule has 5 nitrogen and oxygen atoms in total. The van der Waals surface area contributed by atoms with Crippen LogP contribution in [0.5, 0.6) is 5.75 Å². The molecule has 0 saturated carbocycles. The van der Waals surface area contributed by atoms with E-state index in [0.717, 1.165) is 56.5 Å². The Morgan fingerprint density at radius 2 is 1.77 bits per heavy atom. The van der Waals surface area contributed by atoms with Gasteiger partial charge in [0.15, 0.2) is 0 Å². The van der Waals surface area contributed by atoms with Gasteiger partial charge in [0.1, 0.15) is 5.75 Å². The number of nitrogens with one attached hydrogen (secondary N) is 1. The Morgan fingerprint density at radius 1 is 1.15 bits per heavy atom. The van der Waals surface area contributed by atoms with Crippen LogP contribution in [0.3, 0.4) is 0 Å².